The molecule has 2 rings (SSSR count). The average molecular weight is 168 g/mol. The van der Waals surface area contributed by atoms with E-state index in [0.29, 0.717) is 0 Å². The zero-order valence-corrected chi connectivity index (χ0v) is 8.05. The van der Waals surface area contributed by atoms with Gasteiger partial charge < -0.3 is 10.6 Å². The van der Waals surface area contributed by atoms with Crippen molar-refractivity contribution < 1.29 is 0 Å². The number of nitrogens with zero attached hydrogens (tertiary/aromatic N) is 1. The van der Waals surface area contributed by atoms with E-state index < -0.39 is 0 Å². The number of hydrogen-bond donors (Lipinski definition) is 1. The average Bonchev–Trinajstić information content (AvgIpc) is 2.77. The molecule has 2 heteroatoms. The first kappa shape index (κ1) is 8.52. The van der Waals surface area contributed by atoms with Gasteiger partial charge in [0.15, 0.2) is 0 Å². The molecule has 0 saturated heterocycles. The second kappa shape index (κ2) is 3.00. The van der Waals surface area contributed by atoms with Gasteiger partial charge in [-0.1, -0.05) is 12.8 Å². The molecule has 2 N–H and O–H groups in total. The lowest BCUT2D eigenvalue weighted by molar-refractivity contribution is 0.240. The van der Waals surface area contributed by atoms with Crippen LogP contribution in [0.4, 0.5) is 0 Å². The normalized spacial score (nSPS) is 28.2. The van der Waals surface area contributed by atoms with Gasteiger partial charge in [-0.3, -0.25) is 0 Å². The minimum absolute atomic E-state index is 0.164. The van der Waals surface area contributed by atoms with Crippen LogP contribution in [0.1, 0.15) is 38.5 Å². The minimum atomic E-state index is 0.164. The summed E-state index contributed by atoms with van der Waals surface area (Å²) in [5.74, 6) is 0. The summed E-state index contributed by atoms with van der Waals surface area (Å²) in [6, 6.07) is 0.867. The van der Waals surface area contributed by atoms with E-state index in [9.17, 15) is 0 Å². The molecule has 0 aromatic carbocycles. The zero-order chi connectivity index (χ0) is 8.60. The molecule has 0 amide bonds. The lowest BCUT2D eigenvalue weighted by Gasteiger charge is -2.29. The third-order valence-electron chi connectivity index (χ3n) is 3.33. The lowest BCUT2D eigenvalue weighted by atomic mass is 9.99. The standard InChI is InChI=1S/C10H20N2/c1-12(9-4-5-9)8-10(11)6-2-3-7-10/h9H,2-8,11H2,1H3. The number of likely N-dealkylation sites (N-methyl/N-ethyl adjacent to an activating group) is 1. The largest absolute Gasteiger partial charge is 0.324 e. The first-order chi connectivity index (χ1) is 5.70. The second-order valence-corrected chi connectivity index (χ2v) is 4.72. The van der Waals surface area contributed by atoms with Gasteiger partial charge in [-0.2, -0.15) is 0 Å². The molecular formula is C10H20N2. The second-order valence-electron chi connectivity index (χ2n) is 4.72. The van der Waals surface area contributed by atoms with Crippen molar-refractivity contribution >= 4 is 0 Å². The first-order valence-corrected chi connectivity index (χ1v) is 5.19. The Hall–Kier alpha value is -0.0800. The van der Waals surface area contributed by atoms with E-state index in [-0.39, 0.29) is 5.54 Å². The topological polar surface area (TPSA) is 29.3 Å². The molecule has 2 aliphatic rings. The van der Waals surface area contributed by atoms with Crippen molar-refractivity contribution in [2.45, 2.75) is 50.1 Å². The maximum Gasteiger partial charge on any atom is 0.0283 e. The summed E-state index contributed by atoms with van der Waals surface area (Å²) in [6.07, 6.45) is 7.96. The Morgan fingerprint density at radius 1 is 1.33 bits per heavy atom. The van der Waals surface area contributed by atoms with Crippen molar-refractivity contribution in [1.82, 2.24) is 4.90 Å². The molecular weight excluding hydrogens is 148 g/mol. The highest BCUT2D eigenvalue weighted by Gasteiger charge is 2.35. The van der Waals surface area contributed by atoms with Gasteiger partial charge >= 0.3 is 0 Å². The van der Waals surface area contributed by atoms with Crippen LogP contribution in [0.3, 0.4) is 0 Å². The Morgan fingerprint density at radius 3 is 2.42 bits per heavy atom. The molecule has 0 aromatic heterocycles. The van der Waals surface area contributed by atoms with Gasteiger partial charge in [-0.25, -0.2) is 0 Å². The summed E-state index contributed by atoms with van der Waals surface area (Å²) in [4.78, 5) is 2.46. The van der Waals surface area contributed by atoms with Crippen LogP contribution in [-0.4, -0.2) is 30.1 Å². The van der Waals surface area contributed by atoms with Gasteiger partial charge in [0.05, 0.1) is 0 Å². The Labute approximate surface area is 75.1 Å². The Morgan fingerprint density at radius 2 is 1.92 bits per heavy atom. The van der Waals surface area contributed by atoms with Crippen LogP contribution in [0.2, 0.25) is 0 Å². The fourth-order valence-corrected chi connectivity index (χ4v) is 2.38. The molecule has 0 bridgehead atoms. The highest BCUT2D eigenvalue weighted by atomic mass is 15.2. The molecule has 0 radical (unpaired) electrons. The van der Waals surface area contributed by atoms with E-state index >= 15 is 0 Å². The number of nitrogens with two attached hydrogens (primary N) is 1. The van der Waals surface area contributed by atoms with Crippen LogP contribution in [0.5, 0.6) is 0 Å². The summed E-state index contributed by atoms with van der Waals surface area (Å²) < 4.78 is 0. The van der Waals surface area contributed by atoms with Gasteiger partial charge in [-0.05, 0) is 32.7 Å². The SMILES string of the molecule is CN(CC1(N)CCCC1)C1CC1. The van der Waals surface area contributed by atoms with E-state index in [1.165, 1.54) is 38.5 Å². The summed E-state index contributed by atoms with van der Waals surface area (Å²) in [5, 5.41) is 0. The maximum atomic E-state index is 6.28. The van der Waals surface area contributed by atoms with Crippen LogP contribution in [-0.2, 0) is 0 Å². The van der Waals surface area contributed by atoms with Crippen LogP contribution in [0, 0.1) is 0 Å². The highest BCUT2D eigenvalue weighted by molar-refractivity contribution is 4.94. The van der Waals surface area contributed by atoms with Gasteiger partial charge in [0.25, 0.3) is 0 Å². The molecule has 2 nitrogen and oxygen atoms in total. The quantitative estimate of drug-likeness (QED) is 0.689. The monoisotopic (exact) mass is 168 g/mol. The molecule has 2 aliphatic carbocycles. The van der Waals surface area contributed by atoms with Gasteiger partial charge in [0, 0.05) is 18.1 Å². The van der Waals surface area contributed by atoms with Crippen molar-refractivity contribution in [2.24, 2.45) is 5.73 Å². The van der Waals surface area contributed by atoms with Gasteiger partial charge in [0.1, 0.15) is 0 Å². The molecule has 0 aromatic rings. The fourth-order valence-electron chi connectivity index (χ4n) is 2.38. The molecule has 0 aliphatic heterocycles. The molecule has 12 heavy (non-hydrogen) atoms. The van der Waals surface area contributed by atoms with E-state index in [0.717, 1.165) is 12.6 Å². The Bertz CT molecular complexity index is 157. The van der Waals surface area contributed by atoms with Crippen molar-refractivity contribution in [2.75, 3.05) is 13.6 Å². The third-order valence-corrected chi connectivity index (χ3v) is 3.33. The number of hydrogen-bond acceptors (Lipinski definition) is 2. The van der Waals surface area contributed by atoms with Gasteiger partial charge in [0.2, 0.25) is 0 Å². The van der Waals surface area contributed by atoms with Crippen molar-refractivity contribution in [3.8, 4) is 0 Å². The first-order valence-electron chi connectivity index (χ1n) is 5.19. The number of rotatable bonds is 3. The third kappa shape index (κ3) is 1.80. The molecule has 0 unspecified atom stereocenters. The van der Waals surface area contributed by atoms with Gasteiger partial charge in [-0.15, -0.1) is 0 Å². The summed E-state index contributed by atoms with van der Waals surface area (Å²) in [7, 11) is 2.23. The van der Waals surface area contributed by atoms with Crippen LogP contribution in [0.15, 0.2) is 0 Å². The zero-order valence-electron chi connectivity index (χ0n) is 8.05. The van der Waals surface area contributed by atoms with Crippen LogP contribution in [0.25, 0.3) is 0 Å². The maximum absolute atomic E-state index is 6.28. The van der Waals surface area contributed by atoms with Crippen molar-refractivity contribution in [1.29, 1.82) is 0 Å². The Kier molecular flexibility index (Phi) is 2.13. The highest BCUT2D eigenvalue weighted by Crippen LogP contribution is 2.31. The lowest BCUT2D eigenvalue weighted by Crippen LogP contribution is -2.47. The molecule has 70 valence electrons. The van der Waals surface area contributed by atoms with E-state index in [1.807, 2.05) is 0 Å². The van der Waals surface area contributed by atoms with Crippen LogP contribution < -0.4 is 5.73 Å². The molecule has 2 saturated carbocycles. The summed E-state index contributed by atoms with van der Waals surface area (Å²) in [5.41, 5.74) is 6.45. The van der Waals surface area contributed by atoms with E-state index in [1.54, 1.807) is 0 Å². The molecule has 0 atom stereocenters. The van der Waals surface area contributed by atoms with Crippen molar-refractivity contribution in [3.63, 3.8) is 0 Å². The van der Waals surface area contributed by atoms with E-state index in [2.05, 4.69) is 11.9 Å². The smallest absolute Gasteiger partial charge is 0.0283 e. The Balaban J connectivity index is 1.83. The van der Waals surface area contributed by atoms with Crippen LogP contribution >= 0.6 is 0 Å². The molecule has 0 spiro atoms. The molecule has 2 fully saturated rings. The summed E-state index contributed by atoms with van der Waals surface area (Å²) in [6.45, 7) is 1.12. The summed E-state index contributed by atoms with van der Waals surface area (Å²) >= 11 is 0. The fraction of sp³-hybridized carbons (Fsp3) is 1.00. The van der Waals surface area contributed by atoms with E-state index in [4.69, 9.17) is 5.73 Å². The predicted octanol–water partition coefficient (Wildman–Crippen LogP) is 1.35. The van der Waals surface area contributed by atoms with Crippen molar-refractivity contribution in [3.05, 3.63) is 0 Å². The minimum Gasteiger partial charge on any atom is -0.324 e. The molecule has 0 heterocycles. The predicted molar refractivity (Wildman–Crippen MR) is 51.0 cm³/mol.